The van der Waals surface area contributed by atoms with Gasteiger partial charge in [0.15, 0.2) is 0 Å². The molecule has 164 valence electrons. The minimum Gasteiger partial charge on any atom is -0.342 e. The smallest absolute Gasteiger partial charge is 0.225 e. The molecule has 6 nitrogen and oxygen atoms in total. The molecule has 0 atom stereocenters. The van der Waals surface area contributed by atoms with Crippen molar-refractivity contribution in [2.24, 2.45) is 5.92 Å². The van der Waals surface area contributed by atoms with Gasteiger partial charge in [-0.2, -0.15) is 0 Å². The maximum atomic E-state index is 12.8. The van der Waals surface area contributed by atoms with Crippen LogP contribution in [0.4, 0.5) is 5.95 Å². The van der Waals surface area contributed by atoms with Crippen molar-refractivity contribution in [1.82, 2.24) is 19.8 Å². The third-order valence-electron chi connectivity index (χ3n) is 7.91. The largest absolute Gasteiger partial charge is 0.342 e. The summed E-state index contributed by atoms with van der Waals surface area (Å²) < 4.78 is 0. The molecule has 3 heterocycles. The zero-order valence-corrected chi connectivity index (χ0v) is 18.4. The first-order valence-corrected chi connectivity index (χ1v) is 12.4. The summed E-state index contributed by atoms with van der Waals surface area (Å²) in [5.41, 5.74) is 2.45. The molecule has 30 heavy (non-hydrogen) atoms. The molecule has 0 radical (unpaired) electrons. The lowest BCUT2D eigenvalue weighted by Crippen LogP contribution is -2.52. The zero-order chi connectivity index (χ0) is 20.3. The first-order valence-electron chi connectivity index (χ1n) is 12.4. The lowest BCUT2D eigenvalue weighted by atomic mass is 9.91. The van der Waals surface area contributed by atoms with Crippen LogP contribution in [0.2, 0.25) is 0 Å². The van der Waals surface area contributed by atoms with Crippen LogP contribution in [0.1, 0.15) is 69.0 Å². The van der Waals surface area contributed by atoms with Crippen LogP contribution in [-0.4, -0.2) is 71.0 Å². The third kappa shape index (κ3) is 4.48. The van der Waals surface area contributed by atoms with Gasteiger partial charge >= 0.3 is 0 Å². The molecule has 6 heteroatoms. The summed E-state index contributed by atoms with van der Waals surface area (Å²) in [5.74, 6) is 1.91. The van der Waals surface area contributed by atoms with E-state index in [1.807, 2.05) is 6.20 Å². The normalized spacial score (nSPS) is 24.3. The zero-order valence-electron chi connectivity index (χ0n) is 18.4. The Morgan fingerprint density at radius 2 is 1.70 bits per heavy atom. The number of anilines is 1. The molecule has 5 rings (SSSR count). The average Bonchev–Trinajstić information content (AvgIpc) is 3.21. The monoisotopic (exact) mass is 411 g/mol. The molecule has 0 aromatic carbocycles. The second-order valence-corrected chi connectivity index (χ2v) is 9.84. The fourth-order valence-corrected chi connectivity index (χ4v) is 5.69. The Labute approximate surface area is 181 Å². The number of rotatable bonds is 4. The van der Waals surface area contributed by atoms with Gasteiger partial charge < -0.3 is 9.80 Å². The molecule has 3 fully saturated rings. The van der Waals surface area contributed by atoms with E-state index < -0.39 is 0 Å². The molecule has 2 aliphatic heterocycles. The molecule has 0 spiro atoms. The Hall–Kier alpha value is -1.69. The number of hydrogen-bond acceptors (Lipinski definition) is 5. The minimum atomic E-state index is 0.368. The van der Waals surface area contributed by atoms with Gasteiger partial charge in [-0.1, -0.05) is 19.3 Å². The van der Waals surface area contributed by atoms with Gasteiger partial charge in [-0.05, 0) is 56.4 Å². The van der Waals surface area contributed by atoms with Crippen LogP contribution in [0.25, 0.3) is 0 Å². The van der Waals surface area contributed by atoms with E-state index in [9.17, 15) is 4.79 Å². The maximum Gasteiger partial charge on any atom is 0.225 e. The third-order valence-corrected chi connectivity index (χ3v) is 7.91. The fraction of sp³-hybridized carbons (Fsp3) is 0.792. The van der Waals surface area contributed by atoms with E-state index in [4.69, 9.17) is 9.97 Å². The van der Waals surface area contributed by atoms with E-state index in [1.54, 1.807) is 0 Å². The molecule has 4 aliphatic rings. The highest BCUT2D eigenvalue weighted by atomic mass is 16.2. The van der Waals surface area contributed by atoms with Crippen LogP contribution in [0.15, 0.2) is 6.20 Å². The van der Waals surface area contributed by atoms with Crippen LogP contribution >= 0.6 is 0 Å². The van der Waals surface area contributed by atoms with Gasteiger partial charge in [0.05, 0.1) is 0 Å². The Morgan fingerprint density at radius 1 is 0.900 bits per heavy atom. The number of nitrogens with zero attached hydrogens (tertiary/aromatic N) is 5. The highest BCUT2D eigenvalue weighted by Crippen LogP contribution is 2.29. The van der Waals surface area contributed by atoms with Crippen molar-refractivity contribution in [2.45, 2.75) is 76.7 Å². The summed E-state index contributed by atoms with van der Waals surface area (Å²) in [6, 6.07) is 0.836. The second kappa shape index (κ2) is 9.21. The Morgan fingerprint density at radius 3 is 2.43 bits per heavy atom. The molecule has 1 aromatic rings. The molecule has 1 saturated heterocycles. The number of fused-ring (bicyclic) bond motifs is 1. The molecule has 0 bridgehead atoms. The molecular formula is C24H37N5O. The molecule has 0 N–H and O–H groups in total. The van der Waals surface area contributed by atoms with E-state index in [2.05, 4.69) is 14.7 Å². The van der Waals surface area contributed by atoms with Crippen LogP contribution in [0.5, 0.6) is 0 Å². The molecule has 2 aliphatic carbocycles. The first kappa shape index (κ1) is 20.2. The van der Waals surface area contributed by atoms with Crippen molar-refractivity contribution in [3.63, 3.8) is 0 Å². The van der Waals surface area contributed by atoms with Crippen molar-refractivity contribution in [3.8, 4) is 0 Å². The molecule has 1 amide bonds. The lowest BCUT2D eigenvalue weighted by molar-refractivity contribution is -0.132. The number of aromatic nitrogens is 2. The molecule has 0 unspecified atom stereocenters. The predicted octanol–water partition coefficient (Wildman–Crippen LogP) is 3.05. The maximum absolute atomic E-state index is 12.8. The van der Waals surface area contributed by atoms with Gasteiger partial charge in [0.25, 0.3) is 0 Å². The van der Waals surface area contributed by atoms with Crippen LogP contribution < -0.4 is 4.90 Å². The SMILES string of the molecule is O=C(CC1CCCC1)N1CCCc2nc(N3CCN(C4CCC4)CC3)ncc2CC1. The number of aryl methyl sites for hydroxylation is 1. The molecule has 1 aromatic heterocycles. The van der Waals surface area contributed by atoms with Crippen molar-refractivity contribution in [2.75, 3.05) is 44.2 Å². The van der Waals surface area contributed by atoms with Crippen molar-refractivity contribution < 1.29 is 4.79 Å². The quantitative estimate of drug-likeness (QED) is 0.762. The Balaban J connectivity index is 1.17. The van der Waals surface area contributed by atoms with Crippen LogP contribution in [0, 0.1) is 5.92 Å². The predicted molar refractivity (Wildman–Crippen MR) is 119 cm³/mol. The summed E-state index contributed by atoms with van der Waals surface area (Å²) in [5, 5.41) is 0. The van der Waals surface area contributed by atoms with E-state index in [0.717, 1.165) is 76.9 Å². The highest BCUT2D eigenvalue weighted by molar-refractivity contribution is 5.76. The van der Waals surface area contributed by atoms with Crippen LogP contribution in [0.3, 0.4) is 0 Å². The summed E-state index contributed by atoms with van der Waals surface area (Å²) in [6.45, 7) is 6.07. The number of carbonyl (C=O) groups is 1. The summed E-state index contributed by atoms with van der Waals surface area (Å²) >= 11 is 0. The summed E-state index contributed by atoms with van der Waals surface area (Å²) in [4.78, 5) is 29.6. The van der Waals surface area contributed by atoms with Gasteiger partial charge in [0.1, 0.15) is 0 Å². The topological polar surface area (TPSA) is 52.6 Å². The fourth-order valence-electron chi connectivity index (χ4n) is 5.69. The summed E-state index contributed by atoms with van der Waals surface area (Å²) in [7, 11) is 0. The number of amides is 1. The molecule has 2 saturated carbocycles. The van der Waals surface area contributed by atoms with Crippen molar-refractivity contribution in [3.05, 3.63) is 17.5 Å². The number of hydrogen-bond donors (Lipinski definition) is 0. The average molecular weight is 412 g/mol. The minimum absolute atomic E-state index is 0.368. The van der Waals surface area contributed by atoms with Gasteiger partial charge in [-0.25, -0.2) is 9.97 Å². The van der Waals surface area contributed by atoms with Gasteiger partial charge in [-0.3, -0.25) is 9.69 Å². The van der Waals surface area contributed by atoms with E-state index >= 15 is 0 Å². The second-order valence-electron chi connectivity index (χ2n) is 9.84. The highest BCUT2D eigenvalue weighted by Gasteiger charge is 2.29. The number of carbonyl (C=O) groups excluding carboxylic acids is 1. The van der Waals surface area contributed by atoms with E-state index in [1.165, 1.54) is 56.2 Å². The van der Waals surface area contributed by atoms with Crippen molar-refractivity contribution >= 4 is 11.9 Å². The van der Waals surface area contributed by atoms with Gasteiger partial charge in [0, 0.05) is 63.6 Å². The Bertz CT molecular complexity index is 735. The van der Waals surface area contributed by atoms with Gasteiger partial charge in [0.2, 0.25) is 11.9 Å². The van der Waals surface area contributed by atoms with Crippen LogP contribution in [-0.2, 0) is 17.6 Å². The van der Waals surface area contributed by atoms with Gasteiger partial charge in [-0.15, -0.1) is 0 Å². The standard InChI is InChI=1S/C24H37N5O/c30-23(17-19-5-1-2-6-19)28-11-4-9-22-20(10-12-28)18-25-24(26-22)29-15-13-27(14-16-29)21-7-3-8-21/h18-19,21H,1-17H2. The van der Waals surface area contributed by atoms with Crippen molar-refractivity contribution in [1.29, 1.82) is 0 Å². The lowest BCUT2D eigenvalue weighted by Gasteiger charge is -2.43. The first-order chi connectivity index (χ1) is 14.8. The van der Waals surface area contributed by atoms with E-state index in [0.29, 0.717) is 11.8 Å². The number of piperazine rings is 1. The summed E-state index contributed by atoms with van der Waals surface area (Å²) in [6.07, 6.45) is 14.9. The molecular weight excluding hydrogens is 374 g/mol. The Kier molecular flexibility index (Phi) is 6.21. The van der Waals surface area contributed by atoms with E-state index in [-0.39, 0.29) is 0 Å².